The van der Waals surface area contributed by atoms with Crippen LogP contribution >= 0.6 is 23.2 Å². The number of amides is 1. The Morgan fingerprint density at radius 1 is 1.14 bits per heavy atom. The number of halogens is 3. The molecule has 0 radical (unpaired) electrons. The van der Waals surface area contributed by atoms with Crippen molar-refractivity contribution in [3.05, 3.63) is 63.1 Å². The van der Waals surface area contributed by atoms with E-state index in [-0.39, 0.29) is 47.0 Å². The van der Waals surface area contributed by atoms with Crippen molar-refractivity contribution in [2.75, 3.05) is 26.8 Å². The summed E-state index contributed by atoms with van der Waals surface area (Å²) >= 11 is 13.1. The third-order valence-electron chi connectivity index (χ3n) is 12.3. The first-order valence-corrected chi connectivity index (χ1v) is 19.2. The number of aromatic nitrogens is 2. The van der Waals surface area contributed by atoms with E-state index in [1.165, 1.54) is 0 Å². The monoisotopic (exact) mass is 729 g/mol. The van der Waals surface area contributed by atoms with E-state index < -0.39 is 5.82 Å². The third-order valence-corrected chi connectivity index (χ3v) is 13.2. The number of nitriles is 1. The van der Waals surface area contributed by atoms with Crippen molar-refractivity contribution < 1.29 is 18.7 Å². The number of fused-ring (bicyclic) bond motifs is 4. The van der Waals surface area contributed by atoms with Gasteiger partial charge in [-0.05, 0) is 81.0 Å². The molecule has 5 atom stereocenters. The zero-order chi connectivity index (χ0) is 35.1. The highest BCUT2D eigenvalue weighted by Gasteiger charge is 2.51. The number of rotatable bonds is 10. The quantitative estimate of drug-likeness (QED) is 0.177. The van der Waals surface area contributed by atoms with Gasteiger partial charge >= 0.3 is 0 Å². The SMILES string of the molecule is COC1CC(CO[C@H]2C[C@H](c3cc4c(C)nc5c(F)c(-c6cccc(Cl)c6Cl)c(CCC#N)cc5c4n3[C@H]3[C@H]4CN[C@@H]3C4)N(C(=O)C3CC3)C2)C1. The number of benzene rings is 2. The molecule has 266 valence electrons. The van der Waals surface area contributed by atoms with Crippen LogP contribution in [-0.2, 0) is 20.7 Å². The Kier molecular flexibility index (Phi) is 8.55. The Labute approximate surface area is 307 Å². The minimum absolute atomic E-state index is 0.0574. The molecule has 2 bridgehead atoms. The number of hydrogen-bond donors (Lipinski definition) is 1. The van der Waals surface area contributed by atoms with Crippen molar-refractivity contribution in [3.63, 3.8) is 0 Å². The molecule has 3 saturated carbocycles. The minimum atomic E-state index is -0.467. The molecule has 3 aliphatic carbocycles. The number of aryl methyl sites for hydroxylation is 2. The lowest BCUT2D eigenvalue weighted by molar-refractivity contribution is -0.134. The van der Waals surface area contributed by atoms with Gasteiger partial charge in [-0.2, -0.15) is 5.26 Å². The van der Waals surface area contributed by atoms with E-state index in [1.54, 1.807) is 25.3 Å². The van der Waals surface area contributed by atoms with Crippen LogP contribution in [-0.4, -0.2) is 65.4 Å². The molecule has 6 fully saturated rings. The van der Waals surface area contributed by atoms with E-state index in [1.807, 2.05) is 13.0 Å². The van der Waals surface area contributed by atoms with Crippen molar-refractivity contribution in [1.82, 2.24) is 19.8 Å². The summed E-state index contributed by atoms with van der Waals surface area (Å²) in [7, 11) is 1.77. The summed E-state index contributed by atoms with van der Waals surface area (Å²) < 4.78 is 31.7. The van der Waals surface area contributed by atoms with Crippen molar-refractivity contribution in [2.45, 2.75) is 88.6 Å². The Morgan fingerprint density at radius 3 is 2.67 bits per heavy atom. The summed E-state index contributed by atoms with van der Waals surface area (Å²) in [6.07, 6.45) is 6.54. The second kappa shape index (κ2) is 13.0. The maximum Gasteiger partial charge on any atom is 0.226 e. The van der Waals surface area contributed by atoms with Gasteiger partial charge in [-0.15, -0.1) is 0 Å². The largest absolute Gasteiger partial charge is 0.381 e. The van der Waals surface area contributed by atoms with Gasteiger partial charge in [0.15, 0.2) is 5.82 Å². The molecule has 0 unspecified atom stereocenters. The molecule has 10 rings (SSSR count). The molecule has 3 aliphatic heterocycles. The fraction of sp³-hybridized carbons (Fsp3) is 0.525. The van der Waals surface area contributed by atoms with Crippen LogP contribution in [0.25, 0.3) is 32.9 Å². The molecule has 3 saturated heterocycles. The number of nitrogens with one attached hydrogen (secondary N) is 1. The zero-order valence-corrected chi connectivity index (χ0v) is 30.4. The van der Waals surface area contributed by atoms with Crippen LogP contribution in [0.5, 0.6) is 0 Å². The summed E-state index contributed by atoms with van der Waals surface area (Å²) in [5.41, 5.74) is 4.53. The molecule has 5 heterocycles. The molecular weight excluding hydrogens is 688 g/mol. The number of hydrogen-bond acceptors (Lipinski definition) is 6. The van der Waals surface area contributed by atoms with E-state index in [0.717, 1.165) is 60.9 Å². The van der Waals surface area contributed by atoms with Crippen LogP contribution in [0.2, 0.25) is 10.0 Å². The van der Waals surface area contributed by atoms with Gasteiger partial charge in [-0.3, -0.25) is 4.79 Å². The van der Waals surface area contributed by atoms with Crippen molar-refractivity contribution in [3.8, 4) is 17.2 Å². The van der Waals surface area contributed by atoms with Crippen molar-refractivity contribution in [2.24, 2.45) is 17.8 Å². The normalized spacial score (nSPS) is 28.3. The first kappa shape index (κ1) is 33.6. The predicted molar refractivity (Wildman–Crippen MR) is 195 cm³/mol. The highest BCUT2D eigenvalue weighted by Crippen LogP contribution is 2.51. The maximum atomic E-state index is 17.2. The number of likely N-dealkylation sites (tertiary alicyclic amines) is 1. The molecule has 0 spiro atoms. The first-order chi connectivity index (χ1) is 24.7. The van der Waals surface area contributed by atoms with Crippen LogP contribution in [0.15, 0.2) is 30.3 Å². The van der Waals surface area contributed by atoms with E-state index in [2.05, 4.69) is 26.9 Å². The van der Waals surface area contributed by atoms with Gasteiger partial charge in [0, 0.05) is 78.3 Å². The summed E-state index contributed by atoms with van der Waals surface area (Å²) in [6.45, 7) is 4.13. The summed E-state index contributed by atoms with van der Waals surface area (Å²) in [5, 5.41) is 15.6. The van der Waals surface area contributed by atoms with Gasteiger partial charge in [-0.25, -0.2) is 9.37 Å². The number of nitrogens with zero attached hydrogens (tertiary/aromatic N) is 4. The van der Waals surface area contributed by atoms with Gasteiger partial charge in [0.1, 0.15) is 5.52 Å². The fourth-order valence-electron chi connectivity index (χ4n) is 9.38. The Bertz CT molecular complexity index is 2090. The van der Waals surface area contributed by atoms with Gasteiger partial charge in [0.05, 0.1) is 52.5 Å². The average molecular weight is 731 g/mol. The molecule has 1 amide bonds. The Morgan fingerprint density at radius 2 is 1.96 bits per heavy atom. The summed E-state index contributed by atoms with van der Waals surface area (Å²) in [5.74, 6) is 0.756. The topological polar surface area (TPSA) is 92.4 Å². The molecule has 2 aromatic heterocycles. The fourth-order valence-corrected chi connectivity index (χ4v) is 9.78. The van der Waals surface area contributed by atoms with Crippen molar-refractivity contribution in [1.29, 1.82) is 5.26 Å². The minimum Gasteiger partial charge on any atom is -0.381 e. The van der Waals surface area contributed by atoms with Crippen LogP contribution in [0.1, 0.15) is 74.0 Å². The first-order valence-electron chi connectivity index (χ1n) is 18.4. The number of pyridine rings is 1. The molecule has 1 N–H and O–H groups in total. The molecule has 51 heavy (non-hydrogen) atoms. The lowest BCUT2D eigenvalue weighted by Crippen LogP contribution is -2.41. The maximum absolute atomic E-state index is 17.2. The lowest BCUT2D eigenvalue weighted by atomic mass is 9.79. The standard InChI is InChI=1S/C40H42Cl2FN5O3/c1-20-28-16-33(32-15-26(18-47(32)40(49)22-8-9-22)51-19-21-11-25(12-21)50-2)48(38-24-14-31(38)45-17-24)39(28)29-13-23(5-4-10-44)34(36(43)37(29)46-20)27-6-3-7-30(41)35(27)42/h3,6-7,13,16,21-22,24-26,31-32,38,45H,4-5,8-9,11-12,14-15,17-19H2,1-2H3/t21?,24-,25?,26+,31-,32-,38+/m1/s1. The van der Waals surface area contributed by atoms with Crippen molar-refractivity contribution >= 4 is 50.9 Å². The third kappa shape index (κ3) is 5.56. The Balaban J connectivity index is 1.21. The van der Waals surface area contributed by atoms with Crippen LogP contribution in [0.3, 0.4) is 0 Å². The molecule has 2 aromatic carbocycles. The number of carbonyl (C=O) groups is 1. The van der Waals surface area contributed by atoms with Crippen LogP contribution in [0.4, 0.5) is 4.39 Å². The average Bonchev–Trinajstić information content (AvgIpc) is 3.40. The zero-order valence-electron chi connectivity index (χ0n) is 28.9. The number of carbonyl (C=O) groups excluding carboxylic acids is 1. The number of ether oxygens (including phenoxy) is 2. The Hall–Kier alpha value is -3.26. The van der Waals surface area contributed by atoms with Crippen LogP contribution in [0, 0.1) is 41.8 Å². The molecule has 4 aromatic rings. The van der Waals surface area contributed by atoms with Gasteiger partial charge in [0.25, 0.3) is 0 Å². The molecule has 11 heteroatoms. The molecule has 8 nitrogen and oxygen atoms in total. The number of methoxy groups -OCH3 is 1. The smallest absolute Gasteiger partial charge is 0.226 e. The van der Waals surface area contributed by atoms with Gasteiger partial charge in [0.2, 0.25) is 5.91 Å². The second-order valence-electron chi connectivity index (χ2n) is 15.4. The lowest BCUT2D eigenvalue weighted by Gasteiger charge is -2.39. The molecular formula is C40H42Cl2FN5O3. The summed E-state index contributed by atoms with van der Waals surface area (Å²) in [6, 6.07) is 12.0. The van der Waals surface area contributed by atoms with E-state index in [4.69, 9.17) is 37.7 Å². The molecule has 6 aliphatic rings. The van der Waals surface area contributed by atoms with E-state index in [9.17, 15) is 10.1 Å². The van der Waals surface area contributed by atoms with Gasteiger partial charge < -0.3 is 24.3 Å². The van der Waals surface area contributed by atoms with E-state index >= 15 is 4.39 Å². The van der Waals surface area contributed by atoms with E-state index in [0.29, 0.717) is 77.1 Å². The highest BCUT2D eigenvalue weighted by molar-refractivity contribution is 6.43. The highest BCUT2D eigenvalue weighted by atomic mass is 35.5. The predicted octanol–water partition coefficient (Wildman–Crippen LogP) is 8.09. The van der Waals surface area contributed by atoms with Gasteiger partial charge in [-0.1, -0.05) is 35.3 Å². The second-order valence-corrected chi connectivity index (χ2v) is 16.2. The summed E-state index contributed by atoms with van der Waals surface area (Å²) in [4.78, 5) is 21.0. The van der Waals surface area contributed by atoms with Crippen LogP contribution < -0.4 is 5.32 Å².